The summed E-state index contributed by atoms with van der Waals surface area (Å²) in [7, 11) is 0. The number of piperidine rings is 1. The van der Waals surface area contributed by atoms with Crippen LogP contribution in [0, 0.1) is 0 Å². The number of rotatable bonds is 6. The fourth-order valence-corrected chi connectivity index (χ4v) is 8.12. The van der Waals surface area contributed by atoms with Crippen LogP contribution in [0.5, 0.6) is 5.88 Å². The molecule has 2 unspecified atom stereocenters. The summed E-state index contributed by atoms with van der Waals surface area (Å²) in [4.78, 5) is 28.2. The summed E-state index contributed by atoms with van der Waals surface area (Å²) in [5.74, 6) is 0.762. The fourth-order valence-electron chi connectivity index (χ4n) is 7.47. The Morgan fingerprint density at radius 1 is 0.868 bits per heavy atom. The van der Waals surface area contributed by atoms with Gasteiger partial charge in [0, 0.05) is 38.3 Å². The normalized spacial score (nSPS) is 21.8. The highest BCUT2D eigenvalue weighted by Gasteiger charge is 2.36. The van der Waals surface area contributed by atoms with Gasteiger partial charge in [0.1, 0.15) is 0 Å². The second-order valence-electron chi connectivity index (χ2n) is 11.2. The second-order valence-corrected chi connectivity index (χ2v) is 12.0. The van der Waals surface area contributed by atoms with Gasteiger partial charge in [0.05, 0.1) is 16.4 Å². The number of para-hydroxylation sites is 2. The van der Waals surface area contributed by atoms with Gasteiger partial charge in [-0.15, -0.1) is 0 Å². The van der Waals surface area contributed by atoms with E-state index < -0.39 is 0 Å². The number of aryl methyl sites for hydroxylation is 2. The van der Waals surface area contributed by atoms with E-state index in [0.29, 0.717) is 25.6 Å². The Morgan fingerprint density at radius 2 is 1.66 bits per heavy atom. The number of imidazole rings is 1. The first kappa shape index (κ1) is 24.0. The summed E-state index contributed by atoms with van der Waals surface area (Å²) >= 11 is 0.997. The Labute approximate surface area is 225 Å². The third-order valence-corrected chi connectivity index (χ3v) is 10.00. The molecule has 38 heavy (non-hydrogen) atoms. The van der Waals surface area contributed by atoms with Gasteiger partial charge in [0.25, 0.3) is 0 Å². The van der Waals surface area contributed by atoms with Gasteiger partial charge in [-0.1, -0.05) is 41.7 Å². The van der Waals surface area contributed by atoms with Crippen LogP contribution < -0.4 is 10.6 Å². The Hall–Kier alpha value is -3.10. The molecule has 3 aliphatic rings. The zero-order chi connectivity index (χ0) is 25.8. The molecule has 1 saturated heterocycles. The maximum atomic E-state index is 13.7. The van der Waals surface area contributed by atoms with Gasteiger partial charge in [-0.05, 0) is 79.7 Å². The van der Waals surface area contributed by atoms with E-state index in [1.807, 2.05) is 27.3 Å². The molecule has 8 heteroatoms. The molecule has 2 atom stereocenters. The first-order chi connectivity index (χ1) is 18.6. The van der Waals surface area contributed by atoms with Crippen molar-refractivity contribution in [2.75, 3.05) is 13.1 Å². The van der Waals surface area contributed by atoms with E-state index in [1.165, 1.54) is 35.6 Å². The predicted molar refractivity (Wildman–Crippen MR) is 150 cm³/mol. The highest BCUT2D eigenvalue weighted by Crippen LogP contribution is 2.48. The average molecular weight is 531 g/mol. The largest absolute Gasteiger partial charge is 0.494 e. The van der Waals surface area contributed by atoms with Gasteiger partial charge >= 0.3 is 10.6 Å². The highest BCUT2D eigenvalue weighted by atomic mass is 32.1. The minimum absolute atomic E-state index is 0.00419. The van der Waals surface area contributed by atoms with E-state index in [4.69, 9.17) is 0 Å². The van der Waals surface area contributed by atoms with E-state index in [2.05, 4.69) is 29.2 Å². The average Bonchev–Trinajstić information content (AvgIpc) is 3.60. The molecule has 3 heterocycles. The van der Waals surface area contributed by atoms with Crippen LogP contribution >= 0.6 is 11.3 Å². The first-order valence-electron chi connectivity index (χ1n) is 14.0. The van der Waals surface area contributed by atoms with Gasteiger partial charge in [0.2, 0.25) is 5.88 Å². The van der Waals surface area contributed by atoms with Crippen molar-refractivity contribution in [2.45, 2.75) is 76.0 Å². The lowest BCUT2D eigenvalue weighted by Gasteiger charge is -2.41. The van der Waals surface area contributed by atoms with E-state index in [0.717, 1.165) is 54.2 Å². The zero-order valence-electron chi connectivity index (χ0n) is 21.6. The van der Waals surface area contributed by atoms with E-state index in [1.54, 1.807) is 16.7 Å². The van der Waals surface area contributed by atoms with Crippen molar-refractivity contribution < 1.29 is 5.11 Å². The van der Waals surface area contributed by atoms with E-state index >= 15 is 0 Å². The van der Waals surface area contributed by atoms with E-state index in [-0.39, 0.29) is 22.5 Å². The number of thiazole rings is 1. The molecule has 198 valence electrons. The molecule has 0 saturated carbocycles. The minimum atomic E-state index is -0.169. The molecule has 1 N–H and O–H groups in total. The summed E-state index contributed by atoms with van der Waals surface area (Å²) < 4.78 is 5.25. The standard InChI is InChI=1S/C30H34N4O3S/c35-27-19-38-30(37)33(27)16-4-15-32-25-7-1-2-8-26(25)34(29(32)36)22-13-17-31(18-14-22)24-12-11-21-10-9-20-5-3-6-23(24)28(20)21/h1-3,5-8,19,21-22,24,35H,4,9-18H2. The van der Waals surface area contributed by atoms with Crippen molar-refractivity contribution >= 4 is 22.4 Å². The topological polar surface area (TPSA) is 72.4 Å². The number of hydrogen-bond acceptors (Lipinski definition) is 5. The van der Waals surface area contributed by atoms with Gasteiger partial charge in [-0.2, -0.15) is 0 Å². The Kier molecular flexibility index (Phi) is 6.04. The number of aromatic nitrogens is 3. The van der Waals surface area contributed by atoms with Crippen LogP contribution in [0.15, 0.2) is 57.4 Å². The Morgan fingerprint density at radius 3 is 2.45 bits per heavy atom. The lowest BCUT2D eigenvalue weighted by molar-refractivity contribution is 0.120. The first-order valence-corrected chi connectivity index (χ1v) is 14.9. The van der Waals surface area contributed by atoms with Crippen LogP contribution in [0.3, 0.4) is 0 Å². The molecule has 4 aromatic rings. The molecule has 7 rings (SSSR count). The van der Waals surface area contributed by atoms with Crippen LogP contribution in [0.1, 0.15) is 73.2 Å². The van der Waals surface area contributed by atoms with Crippen molar-refractivity contribution in [1.82, 2.24) is 18.6 Å². The molecule has 1 aliphatic heterocycles. The summed E-state index contributed by atoms with van der Waals surface area (Å²) in [6, 6.07) is 15.7. The number of benzene rings is 2. The third kappa shape index (κ3) is 3.88. The summed E-state index contributed by atoms with van der Waals surface area (Å²) in [5.41, 5.74) is 6.77. The fraction of sp³-hybridized carbons (Fsp3) is 0.467. The van der Waals surface area contributed by atoms with Crippen molar-refractivity contribution in [3.05, 3.63) is 84.7 Å². The van der Waals surface area contributed by atoms with Gasteiger partial charge in [-0.25, -0.2) is 4.79 Å². The number of nitrogens with zero attached hydrogens (tertiary/aromatic N) is 4. The third-order valence-electron chi connectivity index (χ3n) is 9.25. The molecule has 2 aromatic heterocycles. The van der Waals surface area contributed by atoms with Crippen LogP contribution in [-0.4, -0.2) is 36.8 Å². The Bertz CT molecular complexity index is 1600. The van der Waals surface area contributed by atoms with Gasteiger partial charge in [-0.3, -0.25) is 23.4 Å². The molecule has 0 bridgehead atoms. The quantitative estimate of drug-likeness (QED) is 0.380. The number of fused-ring (bicyclic) bond motifs is 1. The smallest absolute Gasteiger partial charge is 0.329 e. The number of aromatic hydroxyl groups is 1. The van der Waals surface area contributed by atoms with Crippen LogP contribution in [0.2, 0.25) is 0 Å². The zero-order valence-corrected chi connectivity index (χ0v) is 22.4. The van der Waals surface area contributed by atoms with Crippen LogP contribution in [-0.2, 0) is 19.5 Å². The maximum Gasteiger partial charge on any atom is 0.329 e. The monoisotopic (exact) mass is 530 g/mol. The van der Waals surface area contributed by atoms with Crippen LogP contribution in [0.25, 0.3) is 11.0 Å². The molecule has 2 aliphatic carbocycles. The molecule has 0 radical (unpaired) electrons. The molecule has 0 amide bonds. The van der Waals surface area contributed by atoms with Gasteiger partial charge in [0.15, 0.2) is 0 Å². The van der Waals surface area contributed by atoms with Crippen molar-refractivity contribution in [1.29, 1.82) is 0 Å². The number of likely N-dealkylation sites (tertiary alicyclic amines) is 1. The van der Waals surface area contributed by atoms with E-state index in [9.17, 15) is 14.7 Å². The second kappa shape index (κ2) is 9.58. The summed E-state index contributed by atoms with van der Waals surface area (Å²) in [6.07, 6.45) is 7.65. The minimum Gasteiger partial charge on any atom is -0.494 e. The highest BCUT2D eigenvalue weighted by molar-refractivity contribution is 7.07. The molecular formula is C30H34N4O3S. The summed E-state index contributed by atoms with van der Waals surface area (Å²) in [6.45, 7) is 2.92. The maximum absolute atomic E-state index is 13.7. The molecule has 2 aromatic carbocycles. The van der Waals surface area contributed by atoms with Crippen molar-refractivity contribution in [2.24, 2.45) is 0 Å². The summed E-state index contributed by atoms with van der Waals surface area (Å²) in [5, 5.41) is 11.4. The molecular weight excluding hydrogens is 496 g/mol. The van der Waals surface area contributed by atoms with Crippen LogP contribution in [0.4, 0.5) is 0 Å². The van der Waals surface area contributed by atoms with Gasteiger partial charge < -0.3 is 5.11 Å². The molecule has 1 fully saturated rings. The Balaban J connectivity index is 1.10. The lowest BCUT2D eigenvalue weighted by atomic mass is 9.80. The predicted octanol–water partition coefficient (Wildman–Crippen LogP) is 5.02. The van der Waals surface area contributed by atoms with Crippen molar-refractivity contribution in [3.63, 3.8) is 0 Å². The SMILES string of the molecule is O=c1scc(O)n1CCCn1c(=O)n(C2CCN(C3CCC4CCc5cccc3c54)CC2)c2ccccc21. The molecule has 0 spiro atoms. The van der Waals surface area contributed by atoms with Crippen molar-refractivity contribution in [3.8, 4) is 5.88 Å². The number of hydrogen-bond donors (Lipinski definition) is 1. The molecule has 7 nitrogen and oxygen atoms in total. The lowest BCUT2D eigenvalue weighted by Crippen LogP contribution is -2.40.